The van der Waals surface area contributed by atoms with E-state index in [1.165, 1.54) is 0 Å². The molecule has 1 aromatic carbocycles. The quantitative estimate of drug-likeness (QED) is 0.819. The van der Waals surface area contributed by atoms with Gasteiger partial charge in [0.25, 0.3) is 5.91 Å². The minimum atomic E-state index is -0.464. The maximum Gasteiger partial charge on any atom is 0.256 e. The highest BCUT2D eigenvalue weighted by Crippen LogP contribution is 2.18. The highest BCUT2D eigenvalue weighted by Gasteiger charge is 2.30. The van der Waals surface area contributed by atoms with E-state index in [0.717, 1.165) is 17.7 Å². The van der Waals surface area contributed by atoms with Crippen LogP contribution in [-0.2, 0) is 18.3 Å². The van der Waals surface area contributed by atoms with Crippen molar-refractivity contribution in [3.8, 4) is 0 Å². The SMILES string of the molecule is CCN(Cc1cccc(C(=O)Nc2c(C)cnn2C)c1)[C@H]1COC[C@@H]1O. The Morgan fingerprint density at radius 1 is 1.46 bits per heavy atom. The lowest BCUT2D eigenvalue weighted by atomic mass is 10.1. The zero-order chi connectivity index (χ0) is 18.7. The molecule has 0 aliphatic carbocycles. The van der Waals surface area contributed by atoms with Gasteiger partial charge in [-0.2, -0.15) is 5.10 Å². The maximum absolute atomic E-state index is 12.6. The van der Waals surface area contributed by atoms with Crippen LogP contribution >= 0.6 is 0 Å². The zero-order valence-electron chi connectivity index (χ0n) is 15.5. The van der Waals surface area contributed by atoms with Crippen molar-refractivity contribution in [3.05, 3.63) is 47.2 Å². The fourth-order valence-electron chi connectivity index (χ4n) is 3.30. The minimum absolute atomic E-state index is 0.00502. The molecule has 2 atom stereocenters. The van der Waals surface area contributed by atoms with Crippen molar-refractivity contribution in [2.24, 2.45) is 7.05 Å². The van der Waals surface area contributed by atoms with Crippen LogP contribution in [-0.4, -0.2) is 57.6 Å². The van der Waals surface area contributed by atoms with Crippen LogP contribution in [0.4, 0.5) is 5.82 Å². The summed E-state index contributed by atoms with van der Waals surface area (Å²) in [6.07, 6.45) is 1.26. The summed E-state index contributed by atoms with van der Waals surface area (Å²) in [5.74, 6) is 0.535. The lowest BCUT2D eigenvalue weighted by Crippen LogP contribution is -2.42. The van der Waals surface area contributed by atoms with Crippen LogP contribution in [0.5, 0.6) is 0 Å². The number of hydrogen-bond donors (Lipinski definition) is 2. The number of aliphatic hydroxyl groups excluding tert-OH is 1. The van der Waals surface area contributed by atoms with Crippen LogP contribution < -0.4 is 5.32 Å². The van der Waals surface area contributed by atoms with E-state index in [0.29, 0.717) is 31.1 Å². The van der Waals surface area contributed by atoms with Crippen molar-refractivity contribution in [3.63, 3.8) is 0 Å². The van der Waals surface area contributed by atoms with E-state index in [4.69, 9.17) is 4.74 Å². The largest absolute Gasteiger partial charge is 0.389 e. The fraction of sp³-hybridized carbons (Fsp3) is 0.474. The Morgan fingerprint density at radius 3 is 2.88 bits per heavy atom. The molecule has 3 rings (SSSR count). The number of carbonyl (C=O) groups excluding carboxylic acids is 1. The average molecular weight is 358 g/mol. The maximum atomic E-state index is 12.6. The summed E-state index contributed by atoms with van der Waals surface area (Å²) in [4.78, 5) is 14.8. The predicted octanol–water partition coefficient (Wildman–Crippen LogP) is 1.56. The average Bonchev–Trinajstić information content (AvgIpc) is 3.20. The number of rotatable bonds is 6. The molecule has 1 saturated heterocycles. The molecule has 7 heteroatoms. The van der Waals surface area contributed by atoms with Crippen LogP contribution in [0.25, 0.3) is 0 Å². The molecule has 2 aromatic rings. The number of aryl methyl sites for hydroxylation is 2. The number of nitrogens with zero attached hydrogens (tertiary/aromatic N) is 3. The summed E-state index contributed by atoms with van der Waals surface area (Å²) in [6.45, 7) is 6.35. The summed E-state index contributed by atoms with van der Waals surface area (Å²) in [5.41, 5.74) is 2.55. The second-order valence-electron chi connectivity index (χ2n) is 6.69. The molecule has 26 heavy (non-hydrogen) atoms. The van der Waals surface area contributed by atoms with E-state index in [9.17, 15) is 9.90 Å². The first-order chi connectivity index (χ1) is 12.5. The predicted molar refractivity (Wildman–Crippen MR) is 99.0 cm³/mol. The smallest absolute Gasteiger partial charge is 0.256 e. The Bertz CT molecular complexity index is 754. The zero-order valence-corrected chi connectivity index (χ0v) is 15.5. The second kappa shape index (κ2) is 7.99. The van der Waals surface area contributed by atoms with E-state index >= 15 is 0 Å². The van der Waals surface area contributed by atoms with Gasteiger partial charge in [0.05, 0.1) is 31.6 Å². The van der Waals surface area contributed by atoms with Gasteiger partial charge in [-0.05, 0) is 31.2 Å². The Balaban J connectivity index is 1.72. The lowest BCUT2D eigenvalue weighted by Gasteiger charge is -2.28. The topological polar surface area (TPSA) is 79.6 Å². The minimum Gasteiger partial charge on any atom is -0.389 e. The van der Waals surface area contributed by atoms with Gasteiger partial charge in [0.1, 0.15) is 5.82 Å². The molecule has 7 nitrogen and oxygen atoms in total. The first-order valence-electron chi connectivity index (χ1n) is 8.88. The molecule has 1 amide bonds. The molecule has 1 aliphatic rings. The van der Waals surface area contributed by atoms with Gasteiger partial charge in [0.2, 0.25) is 0 Å². The van der Waals surface area contributed by atoms with Crippen LogP contribution in [0.2, 0.25) is 0 Å². The van der Waals surface area contributed by atoms with E-state index < -0.39 is 6.10 Å². The Kier molecular flexibility index (Phi) is 5.70. The third kappa shape index (κ3) is 3.95. The third-order valence-electron chi connectivity index (χ3n) is 4.83. The number of aromatic nitrogens is 2. The molecular formula is C19H26N4O3. The number of anilines is 1. The second-order valence-corrected chi connectivity index (χ2v) is 6.69. The van der Waals surface area contributed by atoms with Crippen LogP contribution in [0, 0.1) is 6.92 Å². The van der Waals surface area contributed by atoms with E-state index in [-0.39, 0.29) is 11.9 Å². The summed E-state index contributed by atoms with van der Waals surface area (Å²) in [7, 11) is 1.80. The van der Waals surface area contributed by atoms with Crippen LogP contribution in [0.15, 0.2) is 30.5 Å². The Labute approximate surface area is 153 Å². The molecule has 1 aromatic heterocycles. The van der Waals surface area contributed by atoms with Gasteiger partial charge in [0, 0.05) is 24.7 Å². The van der Waals surface area contributed by atoms with Crippen LogP contribution in [0.3, 0.4) is 0 Å². The number of benzene rings is 1. The van der Waals surface area contributed by atoms with Gasteiger partial charge in [-0.3, -0.25) is 14.4 Å². The number of likely N-dealkylation sites (N-methyl/N-ethyl adjacent to an activating group) is 1. The van der Waals surface area contributed by atoms with Crippen molar-refractivity contribution in [1.29, 1.82) is 0 Å². The lowest BCUT2D eigenvalue weighted by molar-refractivity contribution is 0.0807. The van der Waals surface area contributed by atoms with E-state index in [2.05, 4.69) is 22.2 Å². The van der Waals surface area contributed by atoms with Crippen molar-refractivity contribution in [1.82, 2.24) is 14.7 Å². The van der Waals surface area contributed by atoms with Gasteiger partial charge < -0.3 is 15.2 Å². The van der Waals surface area contributed by atoms with Crippen LogP contribution in [0.1, 0.15) is 28.4 Å². The molecule has 0 spiro atoms. The molecule has 1 fully saturated rings. The monoisotopic (exact) mass is 358 g/mol. The molecule has 2 heterocycles. The molecule has 0 bridgehead atoms. The molecule has 0 unspecified atom stereocenters. The number of nitrogens with one attached hydrogen (secondary N) is 1. The summed E-state index contributed by atoms with van der Waals surface area (Å²) >= 11 is 0. The molecule has 2 N–H and O–H groups in total. The molecular weight excluding hydrogens is 332 g/mol. The molecule has 1 aliphatic heterocycles. The number of ether oxygens (including phenoxy) is 1. The van der Waals surface area contributed by atoms with Crippen molar-refractivity contribution in [2.75, 3.05) is 25.1 Å². The fourth-order valence-corrected chi connectivity index (χ4v) is 3.30. The normalized spacial score (nSPS) is 19.9. The van der Waals surface area contributed by atoms with E-state index in [1.54, 1.807) is 24.0 Å². The number of carbonyl (C=O) groups is 1. The third-order valence-corrected chi connectivity index (χ3v) is 4.83. The Hall–Kier alpha value is -2.22. The van der Waals surface area contributed by atoms with E-state index in [1.807, 2.05) is 25.1 Å². The van der Waals surface area contributed by atoms with Crippen molar-refractivity contribution < 1.29 is 14.6 Å². The van der Waals surface area contributed by atoms with Gasteiger partial charge in [-0.1, -0.05) is 19.1 Å². The number of hydrogen-bond acceptors (Lipinski definition) is 5. The summed E-state index contributed by atoms with van der Waals surface area (Å²) < 4.78 is 7.02. The van der Waals surface area contributed by atoms with Crippen molar-refractivity contribution >= 4 is 11.7 Å². The highest BCUT2D eigenvalue weighted by molar-refractivity contribution is 6.04. The Morgan fingerprint density at radius 2 is 2.27 bits per heavy atom. The van der Waals surface area contributed by atoms with Gasteiger partial charge in [-0.25, -0.2) is 0 Å². The summed E-state index contributed by atoms with van der Waals surface area (Å²) in [5, 5.41) is 17.1. The van der Waals surface area contributed by atoms with Gasteiger partial charge in [0.15, 0.2) is 0 Å². The van der Waals surface area contributed by atoms with Gasteiger partial charge in [-0.15, -0.1) is 0 Å². The van der Waals surface area contributed by atoms with Crippen molar-refractivity contribution in [2.45, 2.75) is 32.5 Å². The number of aliphatic hydroxyl groups is 1. The highest BCUT2D eigenvalue weighted by atomic mass is 16.5. The standard InChI is InChI=1S/C19H26N4O3/c1-4-23(16-11-26-12-17(16)24)10-14-6-5-7-15(8-14)19(25)21-18-13(2)9-20-22(18)3/h5-9,16-17,24H,4,10-12H2,1-3H3,(H,21,25)/t16-,17-/m0/s1. The summed E-state index contributed by atoms with van der Waals surface area (Å²) in [6, 6.07) is 7.57. The first kappa shape index (κ1) is 18.6. The molecule has 140 valence electrons. The molecule has 0 saturated carbocycles. The van der Waals surface area contributed by atoms with Gasteiger partial charge >= 0.3 is 0 Å². The molecule has 0 radical (unpaired) electrons. The first-order valence-corrected chi connectivity index (χ1v) is 8.88. The number of amides is 1.